The van der Waals surface area contributed by atoms with Crippen LogP contribution in [0.5, 0.6) is 0 Å². The Kier molecular flexibility index (Phi) is 2.11. The van der Waals surface area contributed by atoms with Gasteiger partial charge in [0.05, 0.1) is 4.08 Å². The van der Waals surface area contributed by atoms with E-state index in [2.05, 4.69) is 23.5 Å². The first kappa shape index (κ1) is 8.93. The van der Waals surface area contributed by atoms with Crippen LogP contribution in [-0.2, 0) is 0 Å². The fourth-order valence-electron chi connectivity index (χ4n) is 3.44. The summed E-state index contributed by atoms with van der Waals surface area (Å²) in [6, 6.07) is 0.518. The van der Waals surface area contributed by atoms with E-state index in [0.717, 1.165) is 11.8 Å². The molecule has 2 aliphatic carbocycles. The first-order valence-electron chi connectivity index (χ1n) is 5.35. The molecule has 0 amide bonds. The van der Waals surface area contributed by atoms with Gasteiger partial charge in [0.1, 0.15) is 0 Å². The Hall–Kier alpha value is 0.660. The molecule has 1 heterocycles. The van der Waals surface area contributed by atoms with Gasteiger partial charge in [-0.2, -0.15) is 0 Å². The molecule has 3 rings (SSSR count). The summed E-state index contributed by atoms with van der Waals surface area (Å²) in [6.45, 7) is 0. The summed E-state index contributed by atoms with van der Waals surface area (Å²) in [5, 5.41) is 0. The van der Waals surface area contributed by atoms with E-state index in [9.17, 15) is 0 Å². The number of nitrogens with two attached hydrogens (primary N) is 1. The van der Waals surface area contributed by atoms with Crippen LogP contribution in [0.2, 0.25) is 0 Å². The van der Waals surface area contributed by atoms with E-state index < -0.39 is 0 Å². The minimum Gasteiger partial charge on any atom is -0.328 e. The predicted octanol–water partition coefficient (Wildman–Crippen LogP) is 2.31. The van der Waals surface area contributed by atoms with Gasteiger partial charge < -0.3 is 5.73 Å². The molecule has 74 valence electrons. The summed E-state index contributed by atoms with van der Waals surface area (Å²) in [5.41, 5.74) is 6.09. The third-order valence-electron chi connectivity index (χ3n) is 3.91. The molecule has 0 aromatic carbocycles. The molecule has 1 saturated heterocycles. The molecule has 2 atom stereocenters. The highest BCUT2D eigenvalue weighted by Gasteiger charge is 2.55. The standard InChI is InChI=1S/C10H17NS2/c11-9-5-7-1-2-8(6-9)10(7)12-3-4-13-10/h7-9H,1-6,11H2/t7-,8-/m0/s1. The van der Waals surface area contributed by atoms with Gasteiger partial charge in [0.2, 0.25) is 0 Å². The van der Waals surface area contributed by atoms with Crippen LogP contribution >= 0.6 is 23.5 Å². The Balaban J connectivity index is 1.89. The fourth-order valence-corrected chi connectivity index (χ4v) is 7.38. The highest BCUT2D eigenvalue weighted by Crippen LogP contribution is 2.64. The second kappa shape index (κ2) is 3.07. The summed E-state index contributed by atoms with van der Waals surface area (Å²) >= 11 is 4.51. The van der Waals surface area contributed by atoms with E-state index in [4.69, 9.17) is 5.73 Å². The minimum absolute atomic E-state index is 0.518. The van der Waals surface area contributed by atoms with Gasteiger partial charge in [0.25, 0.3) is 0 Å². The van der Waals surface area contributed by atoms with Crippen LogP contribution < -0.4 is 5.73 Å². The highest BCUT2D eigenvalue weighted by atomic mass is 32.2. The monoisotopic (exact) mass is 215 g/mol. The number of rotatable bonds is 0. The van der Waals surface area contributed by atoms with Crippen molar-refractivity contribution in [2.75, 3.05) is 11.5 Å². The molecule has 3 fully saturated rings. The van der Waals surface area contributed by atoms with Crippen molar-refractivity contribution in [1.29, 1.82) is 0 Å². The quantitative estimate of drug-likeness (QED) is 0.671. The van der Waals surface area contributed by atoms with Gasteiger partial charge in [-0.3, -0.25) is 0 Å². The van der Waals surface area contributed by atoms with Crippen molar-refractivity contribution in [3.05, 3.63) is 0 Å². The van der Waals surface area contributed by atoms with E-state index >= 15 is 0 Å². The van der Waals surface area contributed by atoms with Gasteiger partial charge in [-0.15, -0.1) is 23.5 Å². The molecule has 0 radical (unpaired) electrons. The molecule has 1 spiro atoms. The molecule has 13 heavy (non-hydrogen) atoms. The fraction of sp³-hybridized carbons (Fsp3) is 1.00. The van der Waals surface area contributed by atoms with E-state index in [1.54, 1.807) is 0 Å². The van der Waals surface area contributed by atoms with Crippen molar-refractivity contribution in [3.63, 3.8) is 0 Å². The lowest BCUT2D eigenvalue weighted by molar-refractivity contribution is 0.311. The first-order chi connectivity index (χ1) is 6.31. The van der Waals surface area contributed by atoms with Crippen molar-refractivity contribution in [1.82, 2.24) is 0 Å². The molecular weight excluding hydrogens is 198 g/mol. The number of hydrogen-bond donors (Lipinski definition) is 1. The predicted molar refractivity (Wildman–Crippen MR) is 61.1 cm³/mol. The van der Waals surface area contributed by atoms with Crippen molar-refractivity contribution < 1.29 is 0 Å². The van der Waals surface area contributed by atoms with E-state index in [1.165, 1.54) is 37.2 Å². The van der Waals surface area contributed by atoms with Crippen LogP contribution in [0, 0.1) is 11.8 Å². The molecule has 3 heteroatoms. The van der Waals surface area contributed by atoms with Crippen LogP contribution in [0.15, 0.2) is 0 Å². The summed E-state index contributed by atoms with van der Waals surface area (Å²) < 4.78 is 0.635. The van der Waals surface area contributed by atoms with Crippen LogP contribution in [0.25, 0.3) is 0 Å². The lowest BCUT2D eigenvalue weighted by Gasteiger charge is -2.41. The van der Waals surface area contributed by atoms with E-state index in [-0.39, 0.29) is 0 Å². The number of thioether (sulfide) groups is 2. The van der Waals surface area contributed by atoms with Crippen molar-refractivity contribution in [2.24, 2.45) is 17.6 Å². The molecule has 1 aliphatic heterocycles. The zero-order valence-corrected chi connectivity index (χ0v) is 9.50. The van der Waals surface area contributed by atoms with E-state index in [1.807, 2.05) is 0 Å². The molecule has 1 nitrogen and oxygen atoms in total. The third-order valence-corrected chi connectivity index (χ3v) is 7.93. The van der Waals surface area contributed by atoms with Crippen molar-refractivity contribution in [2.45, 2.75) is 35.8 Å². The zero-order chi connectivity index (χ0) is 8.89. The maximum absolute atomic E-state index is 6.09. The van der Waals surface area contributed by atoms with Gasteiger partial charge in [-0.1, -0.05) is 0 Å². The lowest BCUT2D eigenvalue weighted by atomic mass is 9.85. The lowest BCUT2D eigenvalue weighted by Crippen LogP contribution is -2.42. The number of hydrogen-bond acceptors (Lipinski definition) is 3. The Morgan fingerprint density at radius 3 is 2.08 bits per heavy atom. The Morgan fingerprint density at radius 2 is 1.54 bits per heavy atom. The van der Waals surface area contributed by atoms with Crippen LogP contribution in [-0.4, -0.2) is 21.6 Å². The Morgan fingerprint density at radius 1 is 1.00 bits per heavy atom. The van der Waals surface area contributed by atoms with Gasteiger partial charge in [0, 0.05) is 17.5 Å². The summed E-state index contributed by atoms with van der Waals surface area (Å²) in [4.78, 5) is 0. The molecule has 0 aromatic rings. The van der Waals surface area contributed by atoms with Crippen molar-refractivity contribution >= 4 is 23.5 Å². The topological polar surface area (TPSA) is 26.0 Å². The smallest absolute Gasteiger partial charge is 0.0668 e. The maximum atomic E-state index is 6.09. The summed E-state index contributed by atoms with van der Waals surface area (Å²) in [6.07, 6.45) is 5.52. The molecule has 3 aliphatic rings. The van der Waals surface area contributed by atoms with Crippen LogP contribution in [0.3, 0.4) is 0 Å². The normalized spacial score (nSPS) is 47.3. The molecule has 2 bridgehead atoms. The van der Waals surface area contributed by atoms with Gasteiger partial charge in [-0.25, -0.2) is 0 Å². The van der Waals surface area contributed by atoms with Crippen LogP contribution in [0.1, 0.15) is 25.7 Å². The summed E-state index contributed by atoms with van der Waals surface area (Å²) in [5.74, 6) is 4.65. The van der Waals surface area contributed by atoms with Crippen LogP contribution in [0.4, 0.5) is 0 Å². The Bertz CT molecular complexity index is 197. The maximum Gasteiger partial charge on any atom is 0.0668 e. The third kappa shape index (κ3) is 1.20. The average molecular weight is 215 g/mol. The van der Waals surface area contributed by atoms with Gasteiger partial charge in [-0.05, 0) is 37.5 Å². The SMILES string of the molecule is NC1C[C@@H]2CC[C@@H](C1)C21SCCS1. The van der Waals surface area contributed by atoms with E-state index in [0.29, 0.717) is 10.1 Å². The second-order valence-electron chi connectivity index (χ2n) is 4.62. The first-order valence-corrected chi connectivity index (χ1v) is 7.32. The Labute approximate surface area is 88.6 Å². The molecule has 0 aromatic heterocycles. The van der Waals surface area contributed by atoms with Gasteiger partial charge in [0.15, 0.2) is 0 Å². The van der Waals surface area contributed by atoms with Gasteiger partial charge >= 0.3 is 0 Å². The van der Waals surface area contributed by atoms with Crippen molar-refractivity contribution in [3.8, 4) is 0 Å². The molecule has 2 saturated carbocycles. The second-order valence-corrected chi connectivity index (χ2v) is 7.62. The highest BCUT2D eigenvalue weighted by molar-refractivity contribution is 8.21. The molecular formula is C10H17NS2. The summed E-state index contributed by atoms with van der Waals surface area (Å²) in [7, 11) is 0. The largest absolute Gasteiger partial charge is 0.328 e. The average Bonchev–Trinajstić information content (AvgIpc) is 2.63. The minimum atomic E-state index is 0.518. The molecule has 0 unspecified atom stereocenters. The molecule has 2 N–H and O–H groups in total. The zero-order valence-electron chi connectivity index (χ0n) is 7.87.